The van der Waals surface area contributed by atoms with E-state index >= 15 is 0 Å². The van der Waals surface area contributed by atoms with Crippen molar-refractivity contribution in [1.29, 1.82) is 0 Å². The molecule has 0 aliphatic heterocycles. The van der Waals surface area contributed by atoms with Gasteiger partial charge in [-0.05, 0) is 31.9 Å². The Balaban J connectivity index is 1.42. The molecule has 4 aromatic heterocycles. The van der Waals surface area contributed by atoms with E-state index in [1.165, 1.54) is 17.4 Å². The molecule has 13 heteroatoms. The minimum absolute atomic E-state index is 0.0531. The lowest BCUT2D eigenvalue weighted by Crippen LogP contribution is -2.33. The van der Waals surface area contributed by atoms with Crippen LogP contribution in [-0.4, -0.2) is 48.6 Å². The third-order valence-corrected chi connectivity index (χ3v) is 6.53. The molecular weight excluding hydrogens is 483 g/mol. The number of amides is 1. The summed E-state index contributed by atoms with van der Waals surface area (Å²) >= 11 is 1.29. The van der Waals surface area contributed by atoms with Gasteiger partial charge in [-0.2, -0.15) is 23.4 Å². The second kappa shape index (κ2) is 9.23. The van der Waals surface area contributed by atoms with E-state index in [0.29, 0.717) is 17.3 Å². The standard InChI is InChI=1S/C22H20F3N7O2S/c1-2-34-15-5-14(6-15)32-10-17(19(31-32)16-4-3-13(9-26-16)22(23,24)25)29-20(33)18-11-35-21(30-18)12-7-27-28-8-12/h3-4,7-11,14-15H,2,5-6H2,1H3,(H,27,28)(H,29,33)/t14-,15-. The van der Waals surface area contributed by atoms with Gasteiger partial charge in [0, 0.05) is 36.1 Å². The number of alkyl halides is 3. The molecule has 0 saturated heterocycles. The fourth-order valence-electron chi connectivity index (χ4n) is 3.75. The fourth-order valence-corrected chi connectivity index (χ4v) is 4.53. The Bertz CT molecular complexity index is 1310. The summed E-state index contributed by atoms with van der Waals surface area (Å²) in [7, 11) is 0. The quantitative estimate of drug-likeness (QED) is 0.375. The average Bonchev–Trinajstić information content (AvgIpc) is 3.56. The first-order valence-electron chi connectivity index (χ1n) is 10.8. The number of nitrogens with zero attached hydrogens (tertiary/aromatic N) is 5. The third kappa shape index (κ3) is 4.82. The molecule has 1 aliphatic carbocycles. The number of halogens is 3. The van der Waals surface area contributed by atoms with E-state index in [0.717, 1.165) is 30.7 Å². The summed E-state index contributed by atoms with van der Waals surface area (Å²) in [6, 6.07) is 2.24. The molecule has 9 nitrogen and oxygen atoms in total. The lowest BCUT2D eigenvalue weighted by molar-refractivity contribution is -0.137. The zero-order chi connectivity index (χ0) is 24.6. The van der Waals surface area contributed by atoms with Gasteiger partial charge in [0.15, 0.2) is 0 Å². The van der Waals surface area contributed by atoms with Gasteiger partial charge in [-0.25, -0.2) is 4.98 Å². The number of nitrogens with one attached hydrogen (secondary N) is 2. The second-order valence-electron chi connectivity index (χ2n) is 7.98. The Kier molecular flexibility index (Phi) is 6.11. The summed E-state index contributed by atoms with van der Waals surface area (Å²) in [6.45, 7) is 2.55. The van der Waals surface area contributed by atoms with E-state index in [9.17, 15) is 18.0 Å². The minimum Gasteiger partial charge on any atom is -0.378 e. The molecule has 0 unspecified atom stereocenters. The molecule has 0 atom stereocenters. The van der Waals surface area contributed by atoms with Crippen LogP contribution in [0.5, 0.6) is 0 Å². The van der Waals surface area contributed by atoms with Crippen molar-refractivity contribution in [2.45, 2.75) is 38.1 Å². The first-order chi connectivity index (χ1) is 16.8. The predicted molar refractivity (Wildman–Crippen MR) is 122 cm³/mol. The first kappa shape index (κ1) is 23.2. The van der Waals surface area contributed by atoms with Crippen molar-refractivity contribution in [3.05, 3.63) is 53.6 Å². The maximum atomic E-state index is 13.0. The van der Waals surface area contributed by atoms with E-state index in [1.807, 2.05) is 6.92 Å². The summed E-state index contributed by atoms with van der Waals surface area (Å²) in [4.78, 5) is 21.3. The van der Waals surface area contributed by atoms with Gasteiger partial charge in [0.25, 0.3) is 5.91 Å². The number of rotatable bonds is 7. The minimum atomic E-state index is -4.50. The maximum absolute atomic E-state index is 13.0. The van der Waals surface area contributed by atoms with E-state index in [-0.39, 0.29) is 29.2 Å². The molecule has 4 heterocycles. The molecule has 0 spiro atoms. The number of aromatic nitrogens is 6. The SMILES string of the molecule is CCO[C@H]1C[C@H](n2cc(NC(=O)c3csc(-c4cn[nH]c4)n3)c(-c3ccc(C(F)(F)F)cn3)n2)C1. The molecule has 0 bridgehead atoms. The molecule has 1 fully saturated rings. The van der Waals surface area contributed by atoms with Crippen LogP contribution in [0.4, 0.5) is 18.9 Å². The number of H-pyrrole nitrogens is 1. The van der Waals surface area contributed by atoms with Gasteiger partial charge in [0.1, 0.15) is 16.4 Å². The molecule has 2 N–H and O–H groups in total. The Hall–Kier alpha value is -3.58. The van der Waals surface area contributed by atoms with Crippen LogP contribution in [0.25, 0.3) is 22.0 Å². The molecule has 182 valence electrons. The van der Waals surface area contributed by atoms with Gasteiger partial charge in [-0.3, -0.25) is 19.6 Å². The van der Waals surface area contributed by atoms with Crippen LogP contribution in [0, 0.1) is 0 Å². The topological polar surface area (TPSA) is 111 Å². The highest BCUT2D eigenvalue weighted by atomic mass is 32.1. The summed E-state index contributed by atoms with van der Waals surface area (Å²) in [5.41, 5.74) is 0.914. The van der Waals surface area contributed by atoms with Crippen molar-refractivity contribution in [2.24, 2.45) is 0 Å². The molecule has 1 saturated carbocycles. The van der Waals surface area contributed by atoms with Gasteiger partial charge in [0.05, 0.1) is 35.3 Å². The average molecular weight is 504 g/mol. The van der Waals surface area contributed by atoms with Crippen LogP contribution >= 0.6 is 11.3 Å². The smallest absolute Gasteiger partial charge is 0.378 e. The molecule has 0 aromatic carbocycles. The number of pyridine rings is 1. The van der Waals surface area contributed by atoms with Crippen molar-refractivity contribution < 1.29 is 22.7 Å². The van der Waals surface area contributed by atoms with Gasteiger partial charge in [0.2, 0.25) is 0 Å². The van der Waals surface area contributed by atoms with Crippen molar-refractivity contribution in [1.82, 2.24) is 29.9 Å². The molecule has 0 radical (unpaired) electrons. The van der Waals surface area contributed by atoms with Crippen molar-refractivity contribution in [2.75, 3.05) is 11.9 Å². The molecule has 1 aliphatic rings. The maximum Gasteiger partial charge on any atom is 0.417 e. The number of ether oxygens (including phenoxy) is 1. The first-order valence-corrected chi connectivity index (χ1v) is 11.7. The Morgan fingerprint density at radius 3 is 2.80 bits per heavy atom. The summed E-state index contributed by atoms with van der Waals surface area (Å²) < 4.78 is 46.3. The molecular formula is C22H20F3N7O2S. The predicted octanol–water partition coefficient (Wildman–Crippen LogP) is 4.80. The van der Waals surface area contributed by atoms with E-state index in [4.69, 9.17) is 4.74 Å². The van der Waals surface area contributed by atoms with Gasteiger partial charge >= 0.3 is 6.18 Å². The number of thiazole rings is 1. The largest absolute Gasteiger partial charge is 0.417 e. The molecule has 35 heavy (non-hydrogen) atoms. The van der Waals surface area contributed by atoms with E-state index in [2.05, 4.69) is 30.6 Å². The number of carbonyl (C=O) groups excluding carboxylic acids is 1. The highest BCUT2D eigenvalue weighted by Crippen LogP contribution is 2.37. The molecule has 1 amide bonds. The fraction of sp³-hybridized carbons (Fsp3) is 0.318. The Morgan fingerprint density at radius 2 is 2.14 bits per heavy atom. The number of hydrogen-bond acceptors (Lipinski definition) is 7. The Morgan fingerprint density at radius 1 is 1.31 bits per heavy atom. The number of anilines is 1. The van der Waals surface area contributed by atoms with Crippen LogP contribution in [0.1, 0.15) is 41.9 Å². The van der Waals surface area contributed by atoms with Crippen LogP contribution in [0.15, 0.2) is 42.3 Å². The summed E-state index contributed by atoms with van der Waals surface area (Å²) in [5, 5.41) is 16.2. The van der Waals surface area contributed by atoms with Crippen LogP contribution < -0.4 is 5.32 Å². The van der Waals surface area contributed by atoms with Crippen molar-refractivity contribution >= 4 is 22.9 Å². The number of carbonyl (C=O) groups is 1. The van der Waals surface area contributed by atoms with Crippen molar-refractivity contribution in [3.63, 3.8) is 0 Å². The molecule has 4 aromatic rings. The highest BCUT2D eigenvalue weighted by molar-refractivity contribution is 7.13. The van der Waals surface area contributed by atoms with Gasteiger partial charge in [-0.15, -0.1) is 11.3 Å². The normalized spacial score (nSPS) is 17.8. The third-order valence-electron chi connectivity index (χ3n) is 5.64. The second-order valence-corrected chi connectivity index (χ2v) is 8.84. The number of aromatic amines is 1. The van der Waals surface area contributed by atoms with Crippen LogP contribution in [-0.2, 0) is 10.9 Å². The molecule has 5 rings (SSSR count). The lowest BCUT2D eigenvalue weighted by atomic mass is 9.89. The van der Waals surface area contributed by atoms with E-state index < -0.39 is 17.6 Å². The monoisotopic (exact) mass is 503 g/mol. The van der Waals surface area contributed by atoms with Crippen LogP contribution in [0.3, 0.4) is 0 Å². The lowest BCUT2D eigenvalue weighted by Gasteiger charge is -2.34. The zero-order valence-corrected chi connectivity index (χ0v) is 19.2. The Labute approximate surface area is 201 Å². The van der Waals surface area contributed by atoms with Crippen LogP contribution in [0.2, 0.25) is 0 Å². The summed E-state index contributed by atoms with van der Waals surface area (Å²) in [6.07, 6.45) is 2.84. The zero-order valence-electron chi connectivity index (χ0n) is 18.4. The van der Waals surface area contributed by atoms with Gasteiger partial charge < -0.3 is 10.1 Å². The van der Waals surface area contributed by atoms with Crippen molar-refractivity contribution in [3.8, 4) is 22.0 Å². The van der Waals surface area contributed by atoms with E-state index in [1.54, 1.807) is 28.7 Å². The van der Waals surface area contributed by atoms with Gasteiger partial charge in [-0.1, -0.05) is 0 Å². The number of hydrogen-bond donors (Lipinski definition) is 2. The summed E-state index contributed by atoms with van der Waals surface area (Å²) in [5.74, 6) is -0.468. The highest BCUT2D eigenvalue weighted by Gasteiger charge is 2.33.